The number of para-hydroxylation sites is 1. The van der Waals surface area contributed by atoms with E-state index >= 15 is 0 Å². The van der Waals surface area contributed by atoms with Crippen molar-refractivity contribution in [3.8, 4) is 0 Å². The van der Waals surface area contributed by atoms with Crippen LogP contribution in [-0.2, 0) is 16.3 Å². The number of aromatic amines is 1. The van der Waals surface area contributed by atoms with E-state index in [2.05, 4.69) is 4.98 Å². The van der Waals surface area contributed by atoms with Crippen LogP contribution in [0.4, 0.5) is 0 Å². The molecule has 0 atom stereocenters. The summed E-state index contributed by atoms with van der Waals surface area (Å²) in [6, 6.07) is 14.5. The van der Waals surface area contributed by atoms with Gasteiger partial charge in [-0.25, -0.2) is 8.42 Å². The first-order valence-corrected chi connectivity index (χ1v) is 8.43. The van der Waals surface area contributed by atoms with Crippen molar-refractivity contribution in [2.45, 2.75) is 30.1 Å². The lowest BCUT2D eigenvalue weighted by Gasteiger charge is -2.06. The highest BCUT2D eigenvalue weighted by molar-refractivity contribution is 7.91. The Morgan fingerprint density at radius 2 is 1.67 bits per heavy atom. The molecule has 1 N–H and O–H groups in total. The minimum atomic E-state index is -3.51. The number of sulfone groups is 1. The SMILES string of the molecule is CCc1[nH]c2ccccc2c1S(=O)(=O)c1ccc(C)cc1. The maximum absolute atomic E-state index is 13.0. The van der Waals surface area contributed by atoms with Crippen LogP contribution in [0.3, 0.4) is 0 Å². The number of rotatable bonds is 3. The first-order chi connectivity index (χ1) is 10.0. The van der Waals surface area contributed by atoms with Crippen LogP contribution in [-0.4, -0.2) is 13.4 Å². The summed E-state index contributed by atoms with van der Waals surface area (Å²) in [6.45, 7) is 3.90. The highest BCUT2D eigenvalue weighted by Crippen LogP contribution is 2.32. The lowest BCUT2D eigenvalue weighted by atomic mass is 10.2. The summed E-state index contributed by atoms with van der Waals surface area (Å²) in [5, 5.41) is 0.759. The molecule has 3 rings (SSSR count). The highest BCUT2D eigenvalue weighted by Gasteiger charge is 2.25. The molecule has 0 saturated heterocycles. The van der Waals surface area contributed by atoms with E-state index in [1.165, 1.54) is 0 Å². The standard InChI is InChI=1S/C17H17NO2S/c1-3-15-17(14-6-4-5-7-16(14)18-15)21(19,20)13-10-8-12(2)9-11-13/h4-11,18H,3H2,1-2H3. The van der Waals surface area contributed by atoms with Gasteiger partial charge in [0.05, 0.1) is 4.90 Å². The summed E-state index contributed by atoms with van der Waals surface area (Å²) < 4.78 is 26.0. The fourth-order valence-corrected chi connectivity index (χ4v) is 4.28. The van der Waals surface area contributed by atoms with E-state index < -0.39 is 9.84 Å². The Balaban J connectivity index is 2.30. The van der Waals surface area contributed by atoms with Crippen LogP contribution < -0.4 is 0 Å². The number of benzene rings is 2. The molecular weight excluding hydrogens is 282 g/mol. The average molecular weight is 299 g/mol. The van der Waals surface area contributed by atoms with Crippen molar-refractivity contribution in [3.05, 3.63) is 59.8 Å². The Bertz CT molecular complexity index is 890. The minimum absolute atomic E-state index is 0.340. The van der Waals surface area contributed by atoms with Gasteiger partial charge in [-0.05, 0) is 31.5 Å². The highest BCUT2D eigenvalue weighted by atomic mass is 32.2. The molecule has 21 heavy (non-hydrogen) atoms. The fourth-order valence-electron chi connectivity index (χ4n) is 2.56. The van der Waals surface area contributed by atoms with E-state index in [1.807, 2.05) is 50.2 Å². The summed E-state index contributed by atoms with van der Waals surface area (Å²) in [6.07, 6.45) is 0.648. The van der Waals surface area contributed by atoms with Crippen molar-refractivity contribution in [3.63, 3.8) is 0 Å². The zero-order valence-corrected chi connectivity index (χ0v) is 12.9. The van der Waals surface area contributed by atoms with Gasteiger partial charge < -0.3 is 4.98 Å². The summed E-state index contributed by atoms with van der Waals surface area (Å²) in [4.78, 5) is 3.97. The Morgan fingerprint density at radius 1 is 1.00 bits per heavy atom. The molecule has 0 amide bonds. The third-order valence-electron chi connectivity index (χ3n) is 3.68. The number of nitrogens with one attached hydrogen (secondary N) is 1. The predicted molar refractivity (Wildman–Crippen MR) is 84.3 cm³/mol. The van der Waals surface area contributed by atoms with Crippen LogP contribution in [0, 0.1) is 6.92 Å². The second-order valence-electron chi connectivity index (χ2n) is 5.15. The Labute approximate surface area is 124 Å². The molecule has 0 saturated carbocycles. The van der Waals surface area contributed by atoms with E-state index in [1.54, 1.807) is 12.1 Å². The predicted octanol–water partition coefficient (Wildman–Crippen LogP) is 3.87. The molecule has 0 unspecified atom stereocenters. The Morgan fingerprint density at radius 3 is 2.33 bits per heavy atom. The number of hydrogen-bond acceptors (Lipinski definition) is 2. The molecule has 0 bridgehead atoms. The van der Waals surface area contributed by atoms with E-state index in [0.29, 0.717) is 16.2 Å². The quantitative estimate of drug-likeness (QED) is 0.798. The van der Waals surface area contributed by atoms with Gasteiger partial charge in [0.25, 0.3) is 0 Å². The summed E-state index contributed by atoms with van der Waals surface area (Å²) in [5.41, 5.74) is 2.67. The second kappa shape index (κ2) is 5.04. The molecule has 0 fully saturated rings. The molecule has 0 aliphatic heterocycles. The van der Waals surface area contributed by atoms with Crippen LogP contribution in [0.25, 0.3) is 10.9 Å². The largest absolute Gasteiger partial charge is 0.357 e. The minimum Gasteiger partial charge on any atom is -0.357 e. The number of H-pyrrole nitrogens is 1. The topological polar surface area (TPSA) is 49.9 Å². The van der Waals surface area contributed by atoms with E-state index in [-0.39, 0.29) is 0 Å². The van der Waals surface area contributed by atoms with Crippen LogP contribution in [0.5, 0.6) is 0 Å². The normalized spacial score (nSPS) is 11.9. The van der Waals surface area contributed by atoms with Crippen LogP contribution in [0.15, 0.2) is 58.3 Å². The smallest absolute Gasteiger partial charge is 0.208 e. The lowest BCUT2D eigenvalue weighted by Crippen LogP contribution is -2.04. The van der Waals surface area contributed by atoms with Crippen molar-refractivity contribution < 1.29 is 8.42 Å². The Hall–Kier alpha value is -2.07. The fraction of sp³-hybridized carbons (Fsp3) is 0.176. The second-order valence-corrected chi connectivity index (χ2v) is 7.03. The third-order valence-corrected chi connectivity index (χ3v) is 5.58. The average Bonchev–Trinajstić information content (AvgIpc) is 2.87. The lowest BCUT2D eigenvalue weighted by molar-refractivity contribution is 0.596. The summed E-state index contributed by atoms with van der Waals surface area (Å²) in [7, 11) is -3.51. The van der Waals surface area contributed by atoms with Gasteiger partial charge >= 0.3 is 0 Å². The molecule has 3 aromatic rings. The molecule has 0 radical (unpaired) electrons. The van der Waals surface area contributed by atoms with Gasteiger partial charge in [-0.1, -0.05) is 42.8 Å². The van der Waals surface area contributed by atoms with Crippen molar-refractivity contribution in [2.24, 2.45) is 0 Å². The monoisotopic (exact) mass is 299 g/mol. The zero-order valence-electron chi connectivity index (χ0n) is 12.1. The number of aryl methyl sites for hydroxylation is 2. The number of aromatic nitrogens is 1. The molecule has 2 aromatic carbocycles. The first kappa shape index (κ1) is 13.9. The van der Waals surface area contributed by atoms with Gasteiger partial charge in [0.1, 0.15) is 4.90 Å². The van der Waals surface area contributed by atoms with Crippen molar-refractivity contribution in [1.29, 1.82) is 0 Å². The molecule has 1 heterocycles. The van der Waals surface area contributed by atoms with E-state index in [4.69, 9.17) is 0 Å². The number of fused-ring (bicyclic) bond motifs is 1. The molecule has 0 spiro atoms. The number of hydrogen-bond donors (Lipinski definition) is 1. The maximum Gasteiger partial charge on any atom is 0.208 e. The first-order valence-electron chi connectivity index (χ1n) is 6.95. The zero-order chi connectivity index (χ0) is 15.0. The van der Waals surface area contributed by atoms with Crippen LogP contribution in [0.2, 0.25) is 0 Å². The van der Waals surface area contributed by atoms with Crippen LogP contribution >= 0.6 is 0 Å². The molecule has 4 heteroatoms. The Kier molecular flexibility index (Phi) is 3.33. The molecule has 0 aliphatic carbocycles. The van der Waals surface area contributed by atoms with Gasteiger partial charge in [-0.2, -0.15) is 0 Å². The van der Waals surface area contributed by atoms with Gasteiger partial charge in [0.2, 0.25) is 9.84 Å². The van der Waals surface area contributed by atoms with Gasteiger partial charge in [-0.3, -0.25) is 0 Å². The summed E-state index contributed by atoms with van der Waals surface area (Å²) in [5.74, 6) is 0. The molecular formula is C17H17NO2S. The van der Waals surface area contributed by atoms with E-state index in [0.717, 1.165) is 22.2 Å². The van der Waals surface area contributed by atoms with Crippen molar-refractivity contribution in [1.82, 2.24) is 4.98 Å². The van der Waals surface area contributed by atoms with Crippen molar-refractivity contribution >= 4 is 20.7 Å². The molecule has 108 valence electrons. The maximum atomic E-state index is 13.0. The molecule has 0 aliphatic rings. The summed E-state index contributed by atoms with van der Waals surface area (Å²) >= 11 is 0. The molecule has 3 nitrogen and oxygen atoms in total. The van der Waals surface area contributed by atoms with E-state index in [9.17, 15) is 8.42 Å². The van der Waals surface area contributed by atoms with Crippen LogP contribution in [0.1, 0.15) is 18.2 Å². The van der Waals surface area contributed by atoms with Gasteiger partial charge in [-0.15, -0.1) is 0 Å². The van der Waals surface area contributed by atoms with Crippen molar-refractivity contribution in [2.75, 3.05) is 0 Å². The third kappa shape index (κ3) is 2.25. The van der Waals surface area contributed by atoms with Gasteiger partial charge in [0, 0.05) is 16.6 Å². The van der Waals surface area contributed by atoms with Gasteiger partial charge in [0.15, 0.2) is 0 Å². The molecule has 1 aromatic heterocycles.